The Kier molecular flexibility index (Phi) is 21.0. The highest BCUT2D eigenvalue weighted by Gasteiger charge is 2.44. The maximum atomic E-state index is 14.9. The van der Waals surface area contributed by atoms with Crippen molar-refractivity contribution in [2.24, 2.45) is 22.4 Å². The minimum Gasteiger partial charge on any atom is -0.487 e. The van der Waals surface area contributed by atoms with Crippen LogP contribution >= 0.6 is 0 Å². The van der Waals surface area contributed by atoms with Crippen LogP contribution in [-0.2, 0) is 46.0 Å². The average Bonchev–Trinajstić information content (AvgIpc) is 2.12. The molecule has 3 aliphatic heterocycles. The number of sulfonamides is 1. The van der Waals surface area contributed by atoms with Crippen LogP contribution in [0.4, 0.5) is 0 Å². The third-order valence-corrected chi connectivity index (χ3v) is 18.2. The second-order valence-electron chi connectivity index (χ2n) is 23.5. The molecule has 7 rings (SSSR count). The number of benzene rings is 4. The predicted octanol–water partition coefficient (Wildman–Crippen LogP) is 6.22. The second-order valence-corrected chi connectivity index (χ2v) is 25.1. The first-order valence-electron chi connectivity index (χ1n) is 29.3. The van der Waals surface area contributed by atoms with Crippen molar-refractivity contribution in [2.75, 3.05) is 32.7 Å². The van der Waals surface area contributed by atoms with E-state index in [1.807, 2.05) is 64.1 Å². The number of nitrogens with one attached hydrogen (secondary N) is 5. The molecule has 3 aliphatic rings. The van der Waals surface area contributed by atoms with Crippen molar-refractivity contribution in [1.29, 1.82) is 0 Å². The van der Waals surface area contributed by atoms with E-state index in [-0.39, 0.29) is 59.7 Å². The topological polar surface area (TPSA) is 260 Å². The van der Waals surface area contributed by atoms with Gasteiger partial charge >= 0.3 is 0 Å². The summed E-state index contributed by atoms with van der Waals surface area (Å²) in [6.07, 6.45) is 5.88. The Balaban J connectivity index is 0.984. The molecule has 3 heterocycles. The molecule has 18 nitrogen and oxygen atoms in total. The predicted molar refractivity (Wildman–Crippen MR) is 320 cm³/mol. The van der Waals surface area contributed by atoms with Gasteiger partial charge in [-0.1, -0.05) is 104 Å². The quantitative estimate of drug-likeness (QED) is 0.0179. The molecule has 82 heavy (non-hydrogen) atoms. The number of aliphatic imine (C=N–C) groups is 1. The zero-order valence-electron chi connectivity index (χ0n) is 49.5. The lowest BCUT2D eigenvalue weighted by molar-refractivity contribution is -0.148. The highest BCUT2D eigenvalue weighted by Crippen LogP contribution is 2.42. The number of carbonyl (C=O) groups excluding carboxylic acids is 5. The van der Waals surface area contributed by atoms with Gasteiger partial charge in [0.15, 0.2) is 0 Å². The highest BCUT2D eigenvalue weighted by atomic mass is 32.2. The Morgan fingerprint density at radius 3 is 1.99 bits per heavy atom. The number of carbonyl (C=O) groups is 5. The number of aryl methyl sites for hydroxylation is 1. The lowest BCUT2D eigenvalue weighted by Gasteiger charge is -2.37. The molecule has 2 fully saturated rings. The van der Waals surface area contributed by atoms with E-state index in [2.05, 4.69) is 86.4 Å². The van der Waals surface area contributed by atoms with Crippen LogP contribution in [0.1, 0.15) is 143 Å². The number of hydrogen-bond acceptors (Lipinski definition) is 11. The zero-order valence-corrected chi connectivity index (χ0v) is 50.3. The van der Waals surface area contributed by atoms with Gasteiger partial charge in [0.1, 0.15) is 35.5 Å². The lowest BCUT2D eigenvalue weighted by atomic mass is 9.76. The standard InChI is InChI=1S/C63H88N10O8S/c1-40(2)54(70-53(74)39-64)58(76)69-50(26-16-17-36-67-63(46-22-12-10-13-23-46,47-24-14-11-15-25-47)48-31-29-41(3)30-32-48)59(77)73-38-20-28-52(73)60(78)72-37-19-27-51(72)57(75)68-42(4)21-18-35-66-61(65)71-82(79,80)56-44(6)43(5)55-49(45(56)7)33-34-62(8,9)81-55/h10-15,22-25,29-32,40,42,50-52,54,67H,16-21,26-28,33-39,64H2,1-9H3,(H,68,75)(H,69,76)(H,70,74)(H3,65,66,71). The minimum atomic E-state index is -4.07. The van der Waals surface area contributed by atoms with Gasteiger partial charge < -0.3 is 42.0 Å². The fraction of sp³-hybridized carbons (Fsp3) is 0.524. The van der Waals surface area contributed by atoms with Crippen molar-refractivity contribution in [2.45, 2.75) is 179 Å². The number of hydrogen-bond donors (Lipinski definition) is 7. The Hall–Kier alpha value is -6.83. The number of nitrogens with zero attached hydrogens (tertiary/aromatic N) is 3. The summed E-state index contributed by atoms with van der Waals surface area (Å²) >= 11 is 0. The van der Waals surface area contributed by atoms with Gasteiger partial charge in [-0.15, -0.1) is 0 Å². The van der Waals surface area contributed by atoms with Gasteiger partial charge in [0.2, 0.25) is 35.5 Å². The number of nitrogens with two attached hydrogens (primary N) is 2. The first-order valence-corrected chi connectivity index (χ1v) is 30.8. The van der Waals surface area contributed by atoms with Crippen molar-refractivity contribution in [1.82, 2.24) is 35.8 Å². The summed E-state index contributed by atoms with van der Waals surface area (Å²) in [5.74, 6) is -1.83. The van der Waals surface area contributed by atoms with Crippen molar-refractivity contribution in [3.63, 3.8) is 0 Å². The number of likely N-dealkylation sites (tertiary alicyclic amines) is 2. The summed E-state index contributed by atoms with van der Waals surface area (Å²) in [5.41, 5.74) is 18.0. The van der Waals surface area contributed by atoms with E-state index >= 15 is 0 Å². The Morgan fingerprint density at radius 2 is 1.37 bits per heavy atom. The summed E-state index contributed by atoms with van der Waals surface area (Å²) < 4.78 is 36.3. The number of fused-ring (bicyclic) bond motifs is 1. The van der Waals surface area contributed by atoms with E-state index in [0.717, 1.165) is 45.6 Å². The van der Waals surface area contributed by atoms with Crippen LogP contribution in [-0.4, -0.2) is 122 Å². The molecule has 0 spiro atoms. The summed E-state index contributed by atoms with van der Waals surface area (Å²) in [4.78, 5) is 77.8. The van der Waals surface area contributed by atoms with E-state index < -0.39 is 57.5 Å². The van der Waals surface area contributed by atoms with Crippen LogP contribution < -0.4 is 42.2 Å². The summed E-state index contributed by atoms with van der Waals surface area (Å²) in [6, 6.07) is 25.3. The fourth-order valence-electron chi connectivity index (χ4n) is 12.0. The number of guanidine groups is 1. The van der Waals surface area contributed by atoms with Crippen LogP contribution in [0.2, 0.25) is 0 Å². The Morgan fingerprint density at radius 1 is 0.756 bits per heavy atom. The average molecular weight is 1150 g/mol. The van der Waals surface area contributed by atoms with E-state index in [1.165, 1.54) is 0 Å². The summed E-state index contributed by atoms with van der Waals surface area (Å²) in [6.45, 7) is 18.1. The molecular formula is C63H88N10O8S. The van der Waals surface area contributed by atoms with Gasteiger partial charge in [0, 0.05) is 25.7 Å². The van der Waals surface area contributed by atoms with Crippen LogP contribution in [0.3, 0.4) is 0 Å². The number of amides is 5. The van der Waals surface area contributed by atoms with E-state index in [0.29, 0.717) is 88.5 Å². The molecule has 19 heteroatoms. The molecule has 9 N–H and O–H groups in total. The second kappa shape index (κ2) is 27.5. The molecule has 2 saturated heterocycles. The molecule has 0 saturated carbocycles. The molecule has 5 amide bonds. The first-order chi connectivity index (χ1) is 39.0. The van der Waals surface area contributed by atoms with Crippen LogP contribution in [0, 0.1) is 33.6 Å². The third-order valence-electron chi connectivity index (χ3n) is 16.6. The molecule has 0 aliphatic carbocycles. The van der Waals surface area contributed by atoms with Crippen molar-refractivity contribution in [3.05, 3.63) is 129 Å². The SMILES string of the molecule is Cc1ccc(C(NCCCCC(NC(=O)C(NC(=O)CN)C(C)C)C(=O)N2CCCC2C(=O)N2CCCC2C(=O)NC(C)CCCN=C(N)NS(=O)(=O)c2c(C)c(C)c3c(c2C)CCC(C)(C)O3)(c2ccccc2)c2ccccc2)cc1. The highest BCUT2D eigenvalue weighted by molar-refractivity contribution is 7.90. The maximum Gasteiger partial charge on any atom is 0.264 e. The van der Waals surface area contributed by atoms with Gasteiger partial charge in [0.25, 0.3) is 10.0 Å². The van der Waals surface area contributed by atoms with Gasteiger partial charge in [-0.25, -0.2) is 13.1 Å². The smallest absolute Gasteiger partial charge is 0.264 e. The van der Waals surface area contributed by atoms with E-state index in [4.69, 9.17) is 16.2 Å². The molecular weight excluding hydrogens is 1060 g/mol. The number of unbranched alkanes of at least 4 members (excludes halogenated alkanes) is 1. The van der Waals surface area contributed by atoms with E-state index in [9.17, 15) is 32.4 Å². The molecule has 4 aromatic carbocycles. The zero-order chi connectivity index (χ0) is 59.5. The van der Waals surface area contributed by atoms with Crippen LogP contribution in [0.15, 0.2) is 94.8 Å². The van der Waals surface area contributed by atoms with Gasteiger partial charge in [-0.2, -0.15) is 0 Å². The normalized spacial score (nSPS) is 18.3. The molecule has 444 valence electrons. The summed E-state index contributed by atoms with van der Waals surface area (Å²) in [5, 5.41) is 12.7. The summed E-state index contributed by atoms with van der Waals surface area (Å²) in [7, 11) is -4.07. The number of ether oxygens (including phenoxy) is 1. The van der Waals surface area contributed by atoms with Crippen LogP contribution in [0.5, 0.6) is 5.75 Å². The molecule has 4 aromatic rings. The maximum absolute atomic E-state index is 14.9. The Labute approximate surface area is 485 Å². The lowest BCUT2D eigenvalue weighted by Crippen LogP contribution is -2.59. The molecule has 5 unspecified atom stereocenters. The Bertz CT molecular complexity index is 3000. The van der Waals surface area contributed by atoms with Crippen molar-refractivity contribution >= 4 is 45.5 Å². The fourth-order valence-corrected chi connectivity index (χ4v) is 13.5. The first kappa shape index (κ1) is 62.8. The van der Waals surface area contributed by atoms with Gasteiger partial charge in [-0.05, 0) is 171 Å². The number of rotatable bonds is 24. The van der Waals surface area contributed by atoms with Gasteiger partial charge in [0.05, 0.1) is 17.0 Å². The van der Waals surface area contributed by atoms with Gasteiger partial charge in [-0.3, -0.25) is 34.3 Å². The molecule has 0 aromatic heterocycles. The largest absolute Gasteiger partial charge is 0.487 e. The molecule has 0 radical (unpaired) electrons. The van der Waals surface area contributed by atoms with Crippen molar-refractivity contribution < 1.29 is 37.1 Å². The van der Waals surface area contributed by atoms with Crippen molar-refractivity contribution in [3.8, 4) is 5.75 Å². The minimum absolute atomic E-state index is 0.174. The molecule has 0 bridgehead atoms. The van der Waals surface area contributed by atoms with E-state index in [1.54, 1.807) is 37.5 Å². The monoisotopic (exact) mass is 1140 g/mol. The molecule has 5 atom stereocenters. The third kappa shape index (κ3) is 14.7. The van der Waals surface area contributed by atoms with Crippen LogP contribution in [0.25, 0.3) is 0 Å².